The van der Waals surface area contributed by atoms with Gasteiger partial charge >= 0.3 is 5.97 Å². The van der Waals surface area contributed by atoms with Crippen LogP contribution in [0.3, 0.4) is 0 Å². The van der Waals surface area contributed by atoms with Gasteiger partial charge in [0.15, 0.2) is 0 Å². The lowest BCUT2D eigenvalue weighted by Gasteiger charge is -2.18. The topological polar surface area (TPSA) is 43.3 Å². The van der Waals surface area contributed by atoms with E-state index in [1.807, 2.05) is 44.5 Å². The number of aromatic nitrogens is 1. The molecule has 1 rings (SSSR count). The van der Waals surface area contributed by atoms with Gasteiger partial charge in [0.05, 0.1) is 19.1 Å². The third-order valence-corrected chi connectivity index (χ3v) is 2.40. The van der Waals surface area contributed by atoms with Gasteiger partial charge in [-0.2, -0.15) is 0 Å². The number of esters is 1. The summed E-state index contributed by atoms with van der Waals surface area (Å²) in [6, 6.07) is 4.14. The largest absolute Gasteiger partial charge is 0.466 e. The van der Waals surface area contributed by atoms with Crippen LogP contribution in [0.25, 0.3) is 0 Å². The highest BCUT2D eigenvalue weighted by molar-refractivity contribution is 5.70. The fourth-order valence-corrected chi connectivity index (χ4v) is 1.61. The van der Waals surface area contributed by atoms with Gasteiger partial charge in [0, 0.05) is 11.4 Å². The van der Waals surface area contributed by atoms with Gasteiger partial charge in [0.1, 0.15) is 0 Å². The Morgan fingerprint density at radius 1 is 1.44 bits per heavy atom. The highest BCUT2D eigenvalue weighted by Crippen LogP contribution is 2.06. The van der Waals surface area contributed by atoms with Crippen molar-refractivity contribution in [2.24, 2.45) is 0 Å². The number of ether oxygens (including phenoxy) is 1. The number of rotatable bonds is 5. The number of carbonyl (C=O) groups is 1. The Balaban J connectivity index is 2.51. The van der Waals surface area contributed by atoms with E-state index in [0.29, 0.717) is 13.0 Å². The summed E-state index contributed by atoms with van der Waals surface area (Å²) in [6.07, 6.45) is 0.380. The molecule has 1 unspecified atom stereocenters. The number of aryl methyl sites for hydroxylation is 2. The Morgan fingerprint density at radius 3 is 2.50 bits per heavy atom. The summed E-state index contributed by atoms with van der Waals surface area (Å²) in [7, 11) is 0. The molecule has 0 saturated carbocycles. The highest BCUT2D eigenvalue weighted by Gasteiger charge is 2.10. The fraction of sp³-hybridized carbons (Fsp3) is 0.583. The predicted molar refractivity (Wildman–Crippen MR) is 64.0 cm³/mol. The molecule has 0 fully saturated rings. The average Bonchev–Trinajstić information content (AvgIpc) is 2.49. The van der Waals surface area contributed by atoms with E-state index in [1.54, 1.807) is 0 Å². The summed E-state index contributed by atoms with van der Waals surface area (Å²) in [5.74, 6) is -0.162. The van der Waals surface area contributed by atoms with E-state index < -0.39 is 0 Å². The Morgan fingerprint density at radius 2 is 2.00 bits per heavy atom. The van der Waals surface area contributed by atoms with Gasteiger partial charge in [-0.3, -0.25) is 9.47 Å². The predicted octanol–water partition coefficient (Wildman–Crippen LogP) is 1.99. The third-order valence-electron chi connectivity index (χ3n) is 2.40. The minimum atomic E-state index is -0.162. The zero-order valence-electron chi connectivity index (χ0n) is 10.4. The van der Waals surface area contributed by atoms with Crippen molar-refractivity contribution in [2.45, 2.75) is 40.2 Å². The molecular formula is C12H20N2O2. The summed E-state index contributed by atoms with van der Waals surface area (Å²) in [6.45, 7) is 8.27. The molecule has 4 nitrogen and oxygen atoms in total. The number of nitrogens with zero attached hydrogens (tertiary/aromatic N) is 1. The Bertz CT molecular complexity index is 338. The number of hydrogen-bond donors (Lipinski definition) is 1. The molecule has 0 radical (unpaired) electrons. The summed E-state index contributed by atoms with van der Waals surface area (Å²) in [4.78, 5) is 11.3. The molecule has 0 aromatic carbocycles. The first kappa shape index (κ1) is 12.6. The molecule has 0 spiro atoms. The Kier molecular flexibility index (Phi) is 4.40. The second-order valence-corrected chi connectivity index (χ2v) is 3.99. The molecule has 1 heterocycles. The maximum Gasteiger partial charge on any atom is 0.307 e. The minimum absolute atomic E-state index is 0.0591. The van der Waals surface area contributed by atoms with Crippen molar-refractivity contribution in [3.63, 3.8) is 0 Å². The van der Waals surface area contributed by atoms with E-state index in [0.717, 1.165) is 11.4 Å². The quantitative estimate of drug-likeness (QED) is 0.778. The smallest absolute Gasteiger partial charge is 0.307 e. The van der Waals surface area contributed by atoms with Crippen LogP contribution >= 0.6 is 0 Å². The second kappa shape index (κ2) is 5.58. The molecule has 1 aromatic heterocycles. The molecule has 0 bridgehead atoms. The van der Waals surface area contributed by atoms with Gasteiger partial charge in [-0.15, -0.1) is 0 Å². The standard InChI is InChI=1S/C12H20N2O2/c1-5-16-12(15)8-9(2)13-14-10(3)6-7-11(14)4/h6-7,9,13H,5,8H2,1-4H3. The van der Waals surface area contributed by atoms with Crippen LogP contribution in [0.15, 0.2) is 12.1 Å². The van der Waals surface area contributed by atoms with Crippen molar-refractivity contribution in [2.75, 3.05) is 12.0 Å². The highest BCUT2D eigenvalue weighted by atomic mass is 16.5. The molecule has 1 N–H and O–H groups in total. The number of carbonyl (C=O) groups excluding carboxylic acids is 1. The van der Waals surface area contributed by atoms with Crippen LogP contribution in [0, 0.1) is 13.8 Å². The van der Waals surface area contributed by atoms with Crippen molar-refractivity contribution in [1.29, 1.82) is 0 Å². The van der Waals surface area contributed by atoms with E-state index in [1.165, 1.54) is 0 Å². The monoisotopic (exact) mass is 224 g/mol. The van der Waals surface area contributed by atoms with Crippen LogP contribution < -0.4 is 5.43 Å². The molecular weight excluding hydrogens is 204 g/mol. The van der Waals surface area contributed by atoms with Gasteiger partial charge in [-0.25, -0.2) is 0 Å². The lowest BCUT2D eigenvalue weighted by atomic mass is 10.2. The van der Waals surface area contributed by atoms with Crippen LogP contribution in [0.2, 0.25) is 0 Å². The number of nitrogens with one attached hydrogen (secondary N) is 1. The second-order valence-electron chi connectivity index (χ2n) is 3.99. The van der Waals surface area contributed by atoms with Crippen molar-refractivity contribution in [1.82, 2.24) is 4.68 Å². The van der Waals surface area contributed by atoms with Crippen molar-refractivity contribution < 1.29 is 9.53 Å². The van der Waals surface area contributed by atoms with Crippen LogP contribution in [-0.2, 0) is 9.53 Å². The molecule has 0 saturated heterocycles. The minimum Gasteiger partial charge on any atom is -0.466 e. The van der Waals surface area contributed by atoms with Crippen LogP contribution in [-0.4, -0.2) is 23.3 Å². The van der Waals surface area contributed by atoms with Crippen molar-refractivity contribution >= 4 is 5.97 Å². The molecule has 0 amide bonds. The lowest BCUT2D eigenvalue weighted by molar-refractivity contribution is -0.143. The zero-order valence-corrected chi connectivity index (χ0v) is 10.4. The van der Waals surface area contributed by atoms with Crippen molar-refractivity contribution in [3.8, 4) is 0 Å². The third kappa shape index (κ3) is 3.29. The van der Waals surface area contributed by atoms with Crippen LogP contribution in [0.1, 0.15) is 31.7 Å². The summed E-state index contributed by atoms with van der Waals surface area (Å²) in [5, 5.41) is 0. The van der Waals surface area contributed by atoms with E-state index in [-0.39, 0.29) is 12.0 Å². The molecule has 90 valence electrons. The maximum absolute atomic E-state index is 11.3. The molecule has 1 aromatic rings. The zero-order chi connectivity index (χ0) is 12.1. The molecule has 0 aliphatic rings. The van der Waals surface area contributed by atoms with Crippen molar-refractivity contribution in [3.05, 3.63) is 23.5 Å². The van der Waals surface area contributed by atoms with Crippen LogP contribution in [0.4, 0.5) is 0 Å². The van der Waals surface area contributed by atoms with E-state index in [9.17, 15) is 4.79 Å². The summed E-state index contributed by atoms with van der Waals surface area (Å²) < 4.78 is 6.89. The first-order valence-electron chi connectivity index (χ1n) is 5.61. The van der Waals surface area contributed by atoms with Gasteiger partial charge < -0.3 is 10.2 Å². The van der Waals surface area contributed by atoms with E-state index in [4.69, 9.17) is 4.74 Å². The molecule has 4 heteroatoms. The first-order valence-corrected chi connectivity index (χ1v) is 5.61. The fourth-order valence-electron chi connectivity index (χ4n) is 1.61. The van der Waals surface area contributed by atoms with Gasteiger partial charge in [-0.1, -0.05) is 0 Å². The number of hydrogen-bond acceptors (Lipinski definition) is 3. The Hall–Kier alpha value is -1.45. The van der Waals surface area contributed by atoms with Gasteiger partial charge in [0.25, 0.3) is 0 Å². The lowest BCUT2D eigenvalue weighted by Crippen LogP contribution is -2.29. The summed E-state index contributed by atoms with van der Waals surface area (Å²) in [5.41, 5.74) is 5.53. The van der Waals surface area contributed by atoms with Gasteiger partial charge in [0.2, 0.25) is 0 Å². The summed E-state index contributed by atoms with van der Waals surface area (Å²) >= 11 is 0. The maximum atomic E-state index is 11.3. The molecule has 16 heavy (non-hydrogen) atoms. The normalized spacial score (nSPS) is 12.2. The molecule has 1 atom stereocenters. The first-order chi connectivity index (χ1) is 7.54. The average molecular weight is 224 g/mol. The van der Waals surface area contributed by atoms with E-state index in [2.05, 4.69) is 5.43 Å². The SMILES string of the molecule is CCOC(=O)CC(C)Nn1c(C)ccc1C. The Labute approximate surface area is 96.6 Å². The van der Waals surface area contributed by atoms with Gasteiger partial charge in [-0.05, 0) is 39.8 Å². The van der Waals surface area contributed by atoms with Crippen LogP contribution in [0.5, 0.6) is 0 Å². The van der Waals surface area contributed by atoms with E-state index >= 15 is 0 Å². The molecule has 0 aliphatic heterocycles. The molecule has 0 aliphatic carbocycles.